The van der Waals surface area contributed by atoms with Crippen molar-refractivity contribution >= 4 is 23.4 Å². The van der Waals surface area contributed by atoms with Gasteiger partial charge in [-0.25, -0.2) is 4.79 Å². The van der Waals surface area contributed by atoms with Crippen molar-refractivity contribution in [2.75, 3.05) is 11.1 Å². The monoisotopic (exact) mass is 427 g/mol. The molecule has 3 aromatic rings. The molecule has 0 fully saturated rings. The van der Waals surface area contributed by atoms with Crippen molar-refractivity contribution in [2.45, 2.75) is 32.0 Å². The van der Waals surface area contributed by atoms with Crippen LogP contribution in [0.1, 0.15) is 22.7 Å². The summed E-state index contributed by atoms with van der Waals surface area (Å²) in [6.07, 6.45) is 1.54. The molecule has 30 heavy (non-hydrogen) atoms. The lowest BCUT2D eigenvalue weighted by Crippen LogP contribution is -2.37. The van der Waals surface area contributed by atoms with Gasteiger partial charge in [0.05, 0.1) is 12.2 Å². The van der Waals surface area contributed by atoms with Crippen molar-refractivity contribution < 1.29 is 9.21 Å². The van der Waals surface area contributed by atoms with E-state index in [9.17, 15) is 14.4 Å². The Kier molecular flexibility index (Phi) is 6.68. The summed E-state index contributed by atoms with van der Waals surface area (Å²) < 4.78 is 6.61. The van der Waals surface area contributed by atoms with Gasteiger partial charge >= 0.3 is 5.69 Å². The Hall–Kier alpha value is -3.40. The van der Waals surface area contributed by atoms with Crippen LogP contribution < -0.4 is 16.6 Å². The molecule has 1 aromatic carbocycles. The fraction of sp³-hybridized carbons (Fsp3) is 0.250. The van der Waals surface area contributed by atoms with Crippen LogP contribution in [0.25, 0.3) is 0 Å². The van der Waals surface area contributed by atoms with Gasteiger partial charge in [0.2, 0.25) is 11.8 Å². The summed E-state index contributed by atoms with van der Waals surface area (Å²) in [6, 6.07) is 7.49. The van der Waals surface area contributed by atoms with E-state index in [0.717, 1.165) is 27.6 Å². The second-order valence-electron chi connectivity index (χ2n) is 6.53. The summed E-state index contributed by atoms with van der Waals surface area (Å²) in [5.74, 6) is 0.117. The van der Waals surface area contributed by atoms with E-state index in [-0.39, 0.29) is 35.7 Å². The average molecular weight is 427 g/mol. The molecule has 0 saturated heterocycles. The molecule has 0 saturated carbocycles. The summed E-state index contributed by atoms with van der Waals surface area (Å²) in [5.41, 5.74) is 1.58. The number of amides is 1. The molecule has 156 valence electrons. The highest BCUT2D eigenvalue weighted by molar-refractivity contribution is 7.99. The lowest BCUT2D eigenvalue weighted by molar-refractivity contribution is -0.113. The number of hydrogen-bond donors (Lipinski definition) is 2. The predicted molar refractivity (Wildman–Crippen MR) is 114 cm³/mol. The zero-order valence-corrected chi connectivity index (χ0v) is 17.4. The molecule has 0 radical (unpaired) electrons. The molecule has 2 aromatic heterocycles. The first-order valence-corrected chi connectivity index (χ1v) is 10.1. The zero-order valence-electron chi connectivity index (χ0n) is 16.6. The van der Waals surface area contributed by atoms with E-state index in [1.54, 1.807) is 6.92 Å². The van der Waals surface area contributed by atoms with Gasteiger partial charge in [-0.2, -0.15) is 0 Å². The highest BCUT2D eigenvalue weighted by atomic mass is 32.2. The highest BCUT2D eigenvalue weighted by Gasteiger charge is 2.16. The van der Waals surface area contributed by atoms with Crippen LogP contribution >= 0.6 is 11.8 Å². The Labute approximate surface area is 176 Å². The number of carbonyl (C=O) groups is 1. The maximum atomic E-state index is 12.6. The second-order valence-corrected chi connectivity index (χ2v) is 7.45. The zero-order chi connectivity index (χ0) is 21.7. The molecule has 0 aliphatic rings. The first kappa shape index (κ1) is 21.3. The number of rotatable bonds is 8. The highest BCUT2D eigenvalue weighted by Crippen LogP contribution is 2.19. The first-order valence-electron chi connectivity index (χ1n) is 9.13. The number of allylic oxidation sites excluding steroid dienone is 1. The van der Waals surface area contributed by atoms with Crippen LogP contribution in [0.4, 0.5) is 5.69 Å². The summed E-state index contributed by atoms with van der Waals surface area (Å²) in [6.45, 7) is 7.20. The Morgan fingerprint density at radius 2 is 2.07 bits per heavy atom. The van der Waals surface area contributed by atoms with Crippen LogP contribution in [0.3, 0.4) is 0 Å². The third kappa shape index (κ3) is 4.95. The Balaban J connectivity index is 1.66. The van der Waals surface area contributed by atoms with Crippen LogP contribution in [-0.4, -0.2) is 31.4 Å². The molecule has 0 aliphatic heterocycles. The number of aryl methyl sites for hydroxylation is 2. The van der Waals surface area contributed by atoms with Crippen LogP contribution in [0, 0.1) is 13.8 Å². The predicted octanol–water partition coefficient (Wildman–Crippen LogP) is 2.04. The molecule has 0 unspecified atom stereocenters. The van der Waals surface area contributed by atoms with Gasteiger partial charge in [0, 0.05) is 23.5 Å². The van der Waals surface area contributed by atoms with E-state index in [1.807, 2.05) is 31.2 Å². The van der Waals surface area contributed by atoms with Crippen LogP contribution in [0.2, 0.25) is 0 Å². The lowest BCUT2D eigenvalue weighted by Gasteiger charge is -2.07. The molecule has 3 rings (SSSR count). The van der Waals surface area contributed by atoms with E-state index in [4.69, 9.17) is 4.42 Å². The first-order chi connectivity index (χ1) is 14.4. The third-order valence-electron chi connectivity index (χ3n) is 4.33. The Bertz CT molecular complexity index is 1190. The van der Waals surface area contributed by atoms with E-state index in [0.29, 0.717) is 11.3 Å². The fourth-order valence-electron chi connectivity index (χ4n) is 2.77. The standard InChI is InChI=1S/C20H21N5O4S/c1-4-9-25-18(27)14(13(3)21-19(25)28)10-17-23-24-20(29-17)30-11-16(26)22-15-8-6-5-7-12(15)2/h4-8H,1,9-11H2,2-3H3,(H,21,28)(H,22,26). The smallest absolute Gasteiger partial charge is 0.328 e. The van der Waals surface area contributed by atoms with Gasteiger partial charge in [0.15, 0.2) is 0 Å². The number of aromatic amines is 1. The number of benzene rings is 1. The van der Waals surface area contributed by atoms with Gasteiger partial charge in [-0.3, -0.25) is 14.2 Å². The van der Waals surface area contributed by atoms with E-state index in [1.165, 1.54) is 6.08 Å². The summed E-state index contributed by atoms with van der Waals surface area (Å²) in [7, 11) is 0. The molecule has 0 spiro atoms. The number of anilines is 1. The van der Waals surface area contributed by atoms with Gasteiger partial charge in [0.25, 0.3) is 10.8 Å². The van der Waals surface area contributed by atoms with Crippen molar-refractivity contribution in [3.63, 3.8) is 0 Å². The second kappa shape index (κ2) is 9.40. The minimum atomic E-state index is -0.498. The SMILES string of the molecule is C=CCn1c(=O)[nH]c(C)c(Cc2nnc(SCC(=O)Nc3ccccc3C)o2)c1=O. The normalized spacial score (nSPS) is 10.7. The minimum absolute atomic E-state index is 0.0710. The molecular formula is C20H21N5O4S. The molecule has 0 aliphatic carbocycles. The van der Waals surface area contributed by atoms with Crippen molar-refractivity contribution in [3.8, 4) is 0 Å². The van der Waals surface area contributed by atoms with E-state index in [2.05, 4.69) is 27.1 Å². The minimum Gasteiger partial charge on any atom is -0.416 e. The quantitative estimate of drug-likeness (QED) is 0.416. The molecule has 0 bridgehead atoms. The number of thioether (sulfide) groups is 1. The molecule has 10 heteroatoms. The molecule has 1 amide bonds. The summed E-state index contributed by atoms with van der Waals surface area (Å²) in [5, 5.41) is 10.9. The van der Waals surface area contributed by atoms with Gasteiger partial charge in [-0.1, -0.05) is 36.0 Å². The van der Waals surface area contributed by atoms with Gasteiger partial charge in [-0.15, -0.1) is 16.8 Å². The lowest BCUT2D eigenvalue weighted by atomic mass is 10.1. The van der Waals surface area contributed by atoms with Gasteiger partial charge in [0.1, 0.15) is 0 Å². The number of H-pyrrole nitrogens is 1. The largest absolute Gasteiger partial charge is 0.416 e. The maximum Gasteiger partial charge on any atom is 0.328 e. The van der Waals surface area contributed by atoms with Crippen LogP contribution in [-0.2, 0) is 17.8 Å². The molecule has 2 heterocycles. The van der Waals surface area contributed by atoms with Gasteiger partial charge in [-0.05, 0) is 25.5 Å². The van der Waals surface area contributed by atoms with Crippen LogP contribution in [0.5, 0.6) is 0 Å². The Morgan fingerprint density at radius 3 is 2.80 bits per heavy atom. The summed E-state index contributed by atoms with van der Waals surface area (Å²) in [4.78, 5) is 39.3. The number of carbonyl (C=O) groups excluding carboxylic acids is 1. The Morgan fingerprint density at radius 1 is 1.30 bits per heavy atom. The van der Waals surface area contributed by atoms with E-state index < -0.39 is 11.2 Å². The maximum absolute atomic E-state index is 12.6. The summed E-state index contributed by atoms with van der Waals surface area (Å²) >= 11 is 1.10. The van der Waals surface area contributed by atoms with Crippen molar-refractivity contribution in [2.24, 2.45) is 0 Å². The van der Waals surface area contributed by atoms with Crippen molar-refractivity contribution in [1.82, 2.24) is 19.7 Å². The number of nitrogens with one attached hydrogen (secondary N) is 2. The fourth-order valence-corrected chi connectivity index (χ4v) is 3.35. The van der Waals surface area contributed by atoms with E-state index >= 15 is 0 Å². The number of nitrogens with zero attached hydrogens (tertiary/aromatic N) is 3. The third-order valence-corrected chi connectivity index (χ3v) is 5.15. The number of hydrogen-bond acceptors (Lipinski definition) is 7. The molecule has 2 N–H and O–H groups in total. The van der Waals surface area contributed by atoms with Crippen molar-refractivity contribution in [1.29, 1.82) is 0 Å². The molecule has 0 atom stereocenters. The average Bonchev–Trinajstić information content (AvgIpc) is 3.16. The molecular weight excluding hydrogens is 406 g/mol. The molecule has 9 nitrogen and oxygen atoms in total. The number of para-hydroxylation sites is 1. The number of aromatic nitrogens is 4. The topological polar surface area (TPSA) is 123 Å². The van der Waals surface area contributed by atoms with Crippen molar-refractivity contribution in [3.05, 3.63) is 80.5 Å². The van der Waals surface area contributed by atoms with Crippen LogP contribution in [0.15, 0.2) is 56.1 Å². The van der Waals surface area contributed by atoms with Gasteiger partial charge < -0.3 is 14.7 Å².